The topological polar surface area (TPSA) is 33.4 Å². The van der Waals surface area contributed by atoms with Crippen LogP contribution in [0.2, 0.25) is 5.02 Å². The lowest BCUT2D eigenvalue weighted by Gasteiger charge is -1.88. The van der Waals surface area contributed by atoms with Crippen molar-refractivity contribution in [3.05, 3.63) is 29.5 Å². The van der Waals surface area contributed by atoms with Crippen molar-refractivity contribution in [3.8, 4) is 5.75 Å². The van der Waals surface area contributed by atoms with Crippen molar-refractivity contribution in [2.24, 2.45) is 0 Å². The minimum atomic E-state index is 0.150. The lowest BCUT2D eigenvalue weighted by Crippen LogP contribution is -1.64. The third-order valence-electron chi connectivity index (χ3n) is 1.52. The van der Waals surface area contributed by atoms with Gasteiger partial charge in [0.2, 0.25) is 0 Å². The SMILES string of the molecule is Oc1coc2cc(Cl)ccc12. The summed E-state index contributed by atoms with van der Waals surface area (Å²) in [6.45, 7) is 0. The number of hydrogen-bond acceptors (Lipinski definition) is 2. The Hall–Kier alpha value is -1.15. The van der Waals surface area contributed by atoms with E-state index in [0.29, 0.717) is 16.0 Å². The molecule has 56 valence electrons. The highest BCUT2D eigenvalue weighted by molar-refractivity contribution is 6.31. The molecule has 0 aliphatic rings. The Labute approximate surface area is 68.0 Å². The minimum absolute atomic E-state index is 0.150. The largest absolute Gasteiger partial charge is 0.504 e. The summed E-state index contributed by atoms with van der Waals surface area (Å²) in [5, 5.41) is 10.5. The molecule has 1 N–H and O–H groups in total. The maximum Gasteiger partial charge on any atom is 0.161 e. The quantitative estimate of drug-likeness (QED) is 0.656. The first-order chi connectivity index (χ1) is 5.27. The van der Waals surface area contributed by atoms with Crippen LogP contribution in [0.15, 0.2) is 28.9 Å². The molecule has 0 fully saturated rings. The van der Waals surface area contributed by atoms with Crippen LogP contribution < -0.4 is 0 Å². The summed E-state index contributed by atoms with van der Waals surface area (Å²) in [5.41, 5.74) is 0.606. The van der Waals surface area contributed by atoms with Crippen LogP contribution in [0, 0.1) is 0 Å². The zero-order chi connectivity index (χ0) is 7.84. The van der Waals surface area contributed by atoms with Gasteiger partial charge in [-0.05, 0) is 12.1 Å². The summed E-state index contributed by atoms with van der Waals surface area (Å²) in [6, 6.07) is 5.09. The van der Waals surface area contributed by atoms with Crippen LogP contribution in [0.4, 0.5) is 0 Å². The third kappa shape index (κ3) is 0.955. The standard InChI is InChI=1S/C8H5ClO2/c9-5-1-2-6-7(10)4-11-8(6)3-5/h1-4,10H. The summed E-state index contributed by atoms with van der Waals surface area (Å²) < 4.78 is 5.00. The first-order valence-corrected chi connectivity index (χ1v) is 3.51. The van der Waals surface area contributed by atoms with E-state index in [2.05, 4.69) is 0 Å². The van der Waals surface area contributed by atoms with Gasteiger partial charge in [0.15, 0.2) is 5.75 Å². The number of fused-ring (bicyclic) bond motifs is 1. The second-order valence-electron chi connectivity index (χ2n) is 2.26. The van der Waals surface area contributed by atoms with Crippen molar-refractivity contribution in [2.75, 3.05) is 0 Å². The fraction of sp³-hybridized carbons (Fsp3) is 0. The highest BCUT2D eigenvalue weighted by atomic mass is 35.5. The van der Waals surface area contributed by atoms with Gasteiger partial charge in [-0.2, -0.15) is 0 Å². The molecule has 0 aliphatic heterocycles. The number of aromatic hydroxyl groups is 1. The Balaban J connectivity index is 2.86. The molecule has 0 radical (unpaired) electrons. The third-order valence-corrected chi connectivity index (χ3v) is 1.75. The van der Waals surface area contributed by atoms with Crippen molar-refractivity contribution in [3.63, 3.8) is 0 Å². The van der Waals surface area contributed by atoms with E-state index in [9.17, 15) is 0 Å². The van der Waals surface area contributed by atoms with Gasteiger partial charge < -0.3 is 9.52 Å². The first-order valence-electron chi connectivity index (χ1n) is 3.13. The molecule has 1 aromatic carbocycles. The number of rotatable bonds is 0. The van der Waals surface area contributed by atoms with Gasteiger partial charge in [-0.1, -0.05) is 11.6 Å². The van der Waals surface area contributed by atoms with Crippen LogP contribution in [0.1, 0.15) is 0 Å². The van der Waals surface area contributed by atoms with Crippen molar-refractivity contribution < 1.29 is 9.52 Å². The van der Waals surface area contributed by atoms with Gasteiger partial charge in [0.25, 0.3) is 0 Å². The molecule has 2 rings (SSSR count). The van der Waals surface area contributed by atoms with E-state index in [-0.39, 0.29) is 5.75 Å². The monoisotopic (exact) mass is 168 g/mol. The van der Waals surface area contributed by atoms with Crippen LogP contribution in [-0.4, -0.2) is 5.11 Å². The number of halogens is 1. The normalized spacial score (nSPS) is 10.6. The van der Waals surface area contributed by atoms with Crippen molar-refractivity contribution in [1.82, 2.24) is 0 Å². The Morgan fingerprint density at radius 3 is 3.00 bits per heavy atom. The van der Waals surface area contributed by atoms with Crippen molar-refractivity contribution >= 4 is 22.6 Å². The summed E-state index contributed by atoms with van der Waals surface area (Å²) >= 11 is 5.69. The molecule has 11 heavy (non-hydrogen) atoms. The maximum atomic E-state index is 9.17. The van der Waals surface area contributed by atoms with Gasteiger partial charge in [-0.15, -0.1) is 0 Å². The Morgan fingerprint density at radius 2 is 2.18 bits per heavy atom. The van der Waals surface area contributed by atoms with Crippen LogP contribution in [-0.2, 0) is 0 Å². The molecule has 0 saturated heterocycles. The van der Waals surface area contributed by atoms with E-state index >= 15 is 0 Å². The van der Waals surface area contributed by atoms with Crippen molar-refractivity contribution in [2.45, 2.75) is 0 Å². The van der Waals surface area contributed by atoms with Crippen molar-refractivity contribution in [1.29, 1.82) is 0 Å². The van der Waals surface area contributed by atoms with E-state index < -0.39 is 0 Å². The summed E-state index contributed by atoms with van der Waals surface area (Å²) in [6.07, 6.45) is 1.29. The summed E-state index contributed by atoms with van der Waals surface area (Å²) in [7, 11) is 0. The van der Waals surface area contributed by atoms with Gasteiger partial charge in [0, 0.05) is 11.1 Å². The fourth-order valence-corrected chi connectivity index (χ4v) is 1.15. The molecule has 0 amide bonds. The van der Waals surface area contributed by atoms with E-state index in [4.69, 9.17) is 21.1 Å². The molecule has 1 aromatic heterocycles. The lowest BCUT2D eigenvalue weighted by atomic mass is 10.2. The molecule has 0 saturated carbocycles. The summed E-state index contributed by atoms with van der Waals surface area (Å²) in [5.74, 6) is 0.150. The highest BCUT2D eigenvalue weighted by Gasteiger charge is 2.02. The van der Waals surface area contributed by atoms with Gasteiger partial charge >= 0.3 is 0 Å². The minimum Gasteiger partial charge on any atom is -0.504 e. The first kappa shape index (κ1) is 6.55. The Morgan fingerprint density at radius 1 is 1.36 bits per heavy atom. The Bertz CT molecular complexity index is 392. The molecule has 0 aliphatic carbocycles. The number of hydrogen-bond donors (Lipinski definition) is 1. The van der Waals surface area contributed by atoms with E-state index in [1.54, 1.807) is 18.2 Å². The molecule has 0 atom stereocenters. The predicted octanol–water partition coefficient (Wildman–Crippen LogP) is 2.79. The predicted molar refractivity (Wildman–Crippen MR) is 42.9 cm³/mol. The average Bonchev–Trinajstić information content (AvgIpc) is 2.32. The van der Waals surface area contributed by atoms with E-state index in [1.807, 2.05) is 0 Å². The van der Waals surface area contributed by atoms with Crippen LogP contribution >= 0.6 is 11.6 Å². The molecule has 1 heterocycles. The van der Waals surface area contributed by atoms with Gasteiger partial charge in [-0.25, -0.2) is 0 Å². The highest BCUT2D eigenvalue weighted by Crippen LogP contribution is 2.28. The Kier molecular flexibility index (Phi) is 1.29. The zero-order valence-corrected chi connectivity index (χ0v) is 6.30. The fourth-order valence-electron chi connectivity index (χ4n) is 0.988. The molecule has 0 unspecified atom stereocenters. The molecular formula is C8H5ClO2. The number of furan rings is 1. The molecule has 2 aromatic rings. The zero-order valence-electron chi connectivity index (χ0n) is 5.54. The van der Waals surface area contributed by atoms with E-state index in [1.165, 1.54) is 6.26 Å². The van der Waals surface area contributed by atoms with Crippen LogP contribution in [0.3, 0.4) is 0 Å². The molecule has 3 heteroatoms. The molecule has 0 bridgehead atoms. The van der Waals surface area contributed by atoms with Crippen LogP contribution in [0.25, 0.3) is 11.0 Å². The van der Waals surface area contributed by atoms with Crippen LogP contribution in [0.5, 0.6) is 5.75 Å². The van der Waals surface area contributed by atoms with E-state index in [0.717, 1.165) is 0 Å². The maximum absolute atomic E-state index is 9.17. The summed E-state index contributed by atoms with van der Waals surface area (Å²) in [4.78, 5) is 0. The van der Waals surface area contributed by atoms with Gasteiger partial charge in [0.1, 0.15) is 11.8 Å². The number of benzene rings is 1. The molecular weight excluding hydrogens is 164 g/mol. The van der Waals surface area contributed by atoms with Gasteiger partial charge in [-0.3, -0.25) is 0 Å². The second kappa shape index (κ2) is 2.17. The molecule has 0 spiro atoms. The average molecular weight is 169 g/mol. The van der Waals surface area contributed by atoms with Gasteiger partial charge in [0.05, 0.1) is 5.39 Å². The molecule has 2 nitrogen and oxygen atoms in total. The second-order valence-corrected chi connectivity index (χ2v) is 2.70. The smallest absolute Gasteiger partial charge is 0.161 e. The lowest BCUT2D eigenvalue weighted by molar-refractivity contribution is 0.464.